The van der Waals surface area contributed by atoms with E-state index in [0.717, 1.165) is 16.6 Å². The van der Waals surface area contributed by atoms with Crippen LogP contribution in [0.15, 0.2) is 35.1 Å². The number of nitrogens with zero attached hydrogens (tertiary/aromatic N) is 1. The van der Waals surface area contributed by atoms with Gasteiger partial charge in [0.05, 0.1) is 16.4 Å². The fourth-order valence-corrected chi connectivity index (χ4v) is 2.87. The molecule has 4 heteroatoms. The van der Waals surface area contributed by atoms with Crippen LogP contribution in [0.25, 0.3) is 0 Å². The lowest BCUT2D eigenvalue weighted by atomic mass is 9.92. The zero-order chi connectivity index (χ0) is 13.2. The number of hydrogen-bond acceptors (Lipinski definition) is 3. The number of nitrogen functional groups attached to an aromatic ring is 1. The number of anilines is 1. The van der Waals surface area contributed by atoms with E-state index in [9.17, 15) is 0 Å². The molecule has 19 heavy (non-hydrogen) atoms. The number of ether oxygens (including phenoxy) is 1. The number of aromatic nitrogens is 1. The maximum atomic E-state index is 5.89. The molecule has 0 bridgehead atoms. The van der Waals surface area contributed by atoms with Gasteiger partial charge >= 0.3 is 0 Å². The average Bonchev–Trinajstić information content (AvgIpc) is 2.43. The number of nitrogens with two attached hydrogens (primary N) is 1. The standard InChI is InChI=1S/C15H15BrN2O/c16-13-8-18-9-14(17)15(13)19-12-6-5-10-3-1-2-4-11(10)7-12/h5-9H,1-4,17H2. The third-order valence-corrected chi connectivity index (χ3v) is 3.99. The highest BCUT2D eigenvalue weighted by molar-refractivity contribution is 9.10. The highest BCUT2D eigenvalue weighted by Crippen LogP contribution is 2.35. The van der Waals surface area contributed by atoms with Crippen molar-refractivity contribution in [3.05, 3.63) is 46.2 Å². The summed E-state index contributed by atoms with van der Waals surface area (Å²) in [5.41, 5.74) is 9.26. The summed E-state index contributed by atoms with van der Waals surface area (Å²) < 4.78 is 6.66. The molecule has 0 spiro atoms. The van der Waals surface area contributed by atoms with E-state index in [1.807, 2.05) is 6.07 Å². The largest absolute Gasteiger partial charge is 0.454 e. The van der Waals surface area contributed by atoms with Crippen LogP contribution in [0.1, 0.15) is 24.0 Å². The van der Waals surface area contributed by atoms with Gasteiger partial charge in [-0.05, 0) is 64.9 Å². The predicted molar refractivity (Wildman–Crippen MR) is 79.5 cm³/mol. The van der Waals surface area contributed by atoms with Gasteiger partial charge in [-0.25, -0.2) is 0 Å². The molecule has 0 unspecified atom stereocenters. The molecule has 0 atom stereocenters. The lowest BCUT2D eigenvalue weighted by Crippen LogP contribution is -2.02. The van der Waals surface area contributed by atoms with Crippen molar-refractivity contribution < 1.29 is 4.74 Å². The van der Waals surface area contributed by atoms with Crippen LogP contribution in [0.2, 0.25) is 0 Å². The molecule has 0 amide bonds. The van der Waals surface area contributed by atoms with Crippen LogP contribution in [0.4, 0.5) is 5.69 Å². The summed E-state index contributed by atoms with van der Waals surface area (Å²) in [4.78, 5) is 4.00. The van der Waals surface area contributed by atoms with E-state index in [2.05, 4.69) is 33.0 Å². The van der Waals surface area contributed by atoms with Gasteiger partial charge < -0.3 is 10.5 Å². The second kappa shape index (κ2) is 5.21. The number of hydrogen-bond donors (Lipinski definition) is 1. The van der Waals surface area contributed by atoms with Crippen LogP contribution >= 0.6 is 15.9 Å². The summed E-state index contributed by atoms with van der Waals surface area (Å²) in [6.45, 7) is 0. The van der Waals surface area contributed by atoms with Crippen molar-refractivity contribution in [2.75, 3.05) is 5.73 Å². The van der Waals surface area contributed by atoms with Crippen LogP contribution in [-0.4, -0.2) is 4.98 Å². The van der Waals surface area contributed by atoms with Crippen LogP contribution in [0.3, 0.4) is 0 Å². The lowest BCUT2D eigenvalue weighted by molar-refractivity contribution is 0.479. The zero-order valence-corrected chi connectivity index (χ0v) is 12.1. The van der Waals surface area contributed by atoms with E-state index in [1.54, 1.807) is 12.4 Å². The molecule has 0 aliphatic heterocycles. The van der Waals surface area contributed by atoms with Crippen LogP contribution < -0.4 is 10.5 Å². The first-order valence-corrected chi connectivity index (χ1v) is 7.22. The number of pyridine rings is 1. The summed E-state index contributed by atoms with van der Waals surface area (Å²) in [7, 11) is 0. The summed E-state index contributed by atoms with van der Waals surface area (Å²) in [5.74, 6) is 1.46. The van der Waals surface area contributed by atoms with Gasteiger partial charge in [-0.3, -0.25) is 4.98 Å². The van der Waals surface area contributed by atoms with Gasteiger partial charge in [-0.2, -0.15) is 0 Å². The Morgan fingerprint density at radius 2 is 1.89 bits per heavy atom. The minimum absolute atomic E-state index is 0.534. The number of fused-ring (bicyclic) bond motifs is 1. The normalized spacial score (nSPS) is 13.9. The molecule has 1 aliphatic rings. The predicted octanol–water partition coefficient (Wildman–Crippen LogP) is 4.10. The highest BCUT2D eigenvalue weighted by Gasteiger charge is 2.12. The van der Waals surface area contributed by atoms with Gasteiger partial charge in [-0.15, -0.1) is 0 Å². The monoisotopic (exact) mass is 318 g/mol. The van der Waals surface area contributed by atoms with Gasteiger partial charge in [0.25, 0.3) is 0 Å². The Morgan fingerprint density at radius 1 is 1.11 bits per heavy atom. The summed E-state index contributed by atoms with van der Waals surface area (Å²) in [6, 6.07) is 6.30. The van der Waals surface area contributed by atoms with Crippen molar-refractivity contribution >= 4 is 21.6 Å². The summed E-state index contributed by atoms with van der Waals surface area (Å²) in [5, 5.41) is 0. The van der Waals surface area contributed by atoms with Gasteiger partial charge in [0, 0.05) is 6.20 Å². The van der Waals surface area contributed by atoms with Crippen LogP contribution in [0.5, 0.6) is 11.5 Å². The van der Waals surface area contributed by atoms with Gasteiger partial charge in [0.1, 0.15) is 5.75 Å². The van der Waals surface area contributed by atoms with Crippen molar-refractivity contribution in [2.45, 2.75) is 25.7 Å². The van der Waals surface area contributed by atoms with Crippen molar-refractivity contribution in [1.29, 1.82) is 0 Å². The Balaban J connectivity index is 1.91. The van der Waals surface area contributed by atoms with Gasteiger partial charge in [0.15, 0.2) is 5.75 Å². The van der Waals surface area contributed by atoms with Gasteiger partial charge in [-0.1, -0.05) is 6.07 Å². The minimum Gasteiger partial charge on any atom is -0.454 e. The molecule has 3 nitrogen and oxygen atoms in total. The quantitative estimate of drug-likeness (QED) is 0.906. The summed E-state index contributed by atoms with van der Waals surface area (Å²) in [6.07, 6.45) is 8.15. The van der Waals surface area contributed by atoms with E-state index >= 15 is 0 Å². The van der Waals surface area contributed by atoms with E-state index in [1.165, 1.54) is 30.4 Å². The first-order chi connectivity index (χ1) is 9.24. The molecule has 1 aliphatic carbocycles. The van der Waals surface area contributed by atoms with E-state index < -0.39 is 0 Å². The second-order valence-corrected chi connectivity index (χ2v) is 5.63. The van der Waals surface area contributed by atoms with Crippen molar-refractivity contribution in [2.24, 2.45) is 0 Å². The number of halogens is 1. The highest BCUT2D eigenvalue weighted by atomic mass is 79.9. The molecule has 1 heterocycles. The van der Waals surface area contributed by atoms with Crippen molar-refractivity contribution in [3.8, 4) is 11.5 Å². The van der Waals surface area contributed by atoms with Crippen molar-refractivity contribution in [3.63, 3.8) is 0 Å². The summed E-state index contributed by atoms with van der Waals surface area (Å²) >= 11 is 3.41. The molecular formula is C15H15BrN2O. The first-order valence-electron chi connectivity index (χ1n) is 6.42. The third-order valence-electron chi connectivity index (χ3n) is 3.42. The molecule has 98 valence electrons. The Labute approximate surface area is 120 Å². The van der Waals surface area contributed by atoms with Crippen LogP contribution in [0, 0.1) is 0 Å². The Hall–Kier alpha value is -1.55. The zero-order valence-electron chi connectivity index (χ0n) is 10.5. The lowest BCUT2D eigenvalue weighted by Gasteiger charge is -2.17. The second-order valence-electron chi connectivity index (χ2n) is 4.78. The molecule has 0 saturated carbocycles. The topological polar surface area (TPSA) is 48.1 Å². The van der Waals surface area contributed by atoms with E-state index in [4.69, 9.17) is 10.5 Å². The van der Waals surface area contributed by atoms with E-state index in [0.29, 0.717) is 11.4 Å². The number of benzene rings is 1. The van der Waals surface area contributed by atoms with Crippen LogP contribution in [-0.2, 0) is 12.8 Å². The number of aryl methyl sites for hydroxylation is 2. The minimum atomic E-state index is 0.534. The fraction of sp³-hybridized carbons (Fsp3) is 0.267. The maximum Gasteiger partial charge on any atom is 0.167 e. The molecule has 0 fully saturated rings. The first kappa shape index (κ1) is 12.5. The fourth-order valence-electron chi connectivity index (χ4n) is 2.44. The molecule has 2 aromatic rings. The molecular weight excluding hydrogens is 304 g/mol. The Bertz CT molecular complexity index is 593. The molecule has 3 rings (SSSR count). The average molecular weight is 319 g/mol. The SMILES string of the molecule is Nc1cncc(Br)c1Oc1ccc2c(c1)CCCC2. The third kappa shape index (κ3) is 2.59. The molecule has 0 saturated heterocycles. The Morgan fingerprint density at radius 3 is 2.68 bits per heavy atom. The Kier molecular flexibility index (Phi) is 3.42. The maximum absolute atomic E-state index is 5.89. The van der Waals surface area contributed by atoms with E-state index in [-0.39, 0.29) is 0 Å². The molecule has 2 N–H and O–H groups in total. The smallest absolute Gasteiger partial charge is 0.167 e. The molecule has 1 aromatic carbocycles. The van der Waals surface area contributed by atoms with Gasteiger partial charge in [0.2, 0.25) is 0 Å². The van der Waals surface area contributed by atoms with Crippen molar-refractivity contribution in [1.82, 2.24) is 4.98 Å². The number of rotatable bonds is 2. The molecule has 1 aromatic heterocycles. The molecule has 0 radical (unpaired) electrons.